The Hall–Kier alpha value is 0.110. The summed E-state index contributed by atoms with van der Waals surface area (Å²) in [5.41, 5.74) is 0. The van der Waals surface area contributed by atoms with Crippen molar-refractivity contribution in [3.63, 3.8) is 0 Å². The van der Waals surface area contributed by atoms with Gasteiger partial charge in [0.15, 0.2) is 0 Å². The molecule has 0 amide bonds. The second kappa shape index (κ2) is 5.86. The molecule has 0 aliphatic carbocycles. The van der Waals surface area contributed by atoms with Gasteiger partial charge in [-0.2, -0.15) is 0 Å². The number of rotatable bonds is 4. The van der Waals surface area contributed by atoms with Crippen LogP contribution in [0.15, 0.2) is 23.1 Å². The molecule has 1 nitrogen and oxygen atoms in total. The van der Waals surface area contributed by atoms with E-state index >= 15 is 0 Å². The van der Waals surface area contributed by atoms with Crippen LogP contribution in [-0.4, -0.2) is 17.4 Å². The van der Waals surface area contributed by atoms with E-state index in [2.05, 4.69) is 18.2 Å². The third kappa shape index (κ3) is 3.35. The van der Waals surface area contributed by atoms with Crippen molar-refractivity contribution in [2.75, 3.05) is 13.1 Å². The van der Waals surface area contributed by atoms with Gasteiger partial charge in [-0.1, -0.05) is 37.0 Å². The highest BCUT2D eigenvalue weighted by atomic mass is 35.5. The maximum absolute atomic E-state index is 6.06. The van der Waals surface area contributed by atoms with Crippen LogP contribution >= 0.6 is 35.1 Å². The summed E-state index contributed by atoms with van der Waals surface area (Å²) in [5.74, 6) is 0. The minimum absolute atomic E-state index is 0.680. The third-order valence-electron chi connectivity index (χ3n) is 1.83. The highest BCUT2D eigenvalue weighted by Gasteiger charge is 2.06. The Bertz CT molecular complexity index is 300. The van der Waals surface area contributed by atoms with E-state index in [1.54, 1.807) is 18.0 Å². The van der Waals surface area contributed by atoms with Crippen molar-refractivity contribution in [1.29, 1.82) is 0 Å². The average molecular weight is 250 g/mol. The molecule has 0 N–H and O–H groups in total. The zero-order valence-corrected chi connectivity index (χ0v) is 10.6. The Morgan fingerprint density at radius 1 is 1.21 bits per heavy atom. The van der Waals surface area contributed by atoms with Crippen LogP contribution in [0.1, 0.15) is 13.8 Å². The van der Waals surface area contributed by atoms with Crippen LogP contribution in [0.5, 0.6) is 0 Å². The Morgan fingerprint density at radius 2 is 1.86 bits per heavy atom. The molecule has 0 bridgehead atoms. The van der Waals surface area contributed by atoms with Gasteiger partial charge in [-0.05, 0) is 30.1 Å². The van der Waals surface area contributed by atoms with Crippen LogP contribution in [-0.2, 0) is 0 Å². The van der Waals surface area contributed by atoms with Gasteiger partial charge in [0.1, 0.15) is 0 Å². The lowest BCUT2D eigenvalue weighted by Gasteiger charge is -2.17. The molecule has 14 heavy (non-hydrogen) atoms. The summed E-state index contributed by atoms with van der Waals surface area (Å²) in [6, 6.07) is 5.59. The molecule has 0 aliphatic rings. The predicted octanol–water partition coefficient (Wildman–Crippen LogP) is 4.34. The molecule has 1 aromatic rings. The van der Waals surface area contributed by atoms with Gasteiger partial charge in [-0.25, -0.2) is 4.31 Å². The molecule has 0 heterocycles. The molecule has 0 fully saturated rings. The molecule has 4 heteroatoms. The second-order valence-electron chi connectivity index (χ2n) is 2.78. The molecule has 0 saturated heterocycles. The van der Waals surface area contributed by atoms with E-state index in [-0.39, 0.29) is 0 Å². The van der Waals surface area contributed by atoms with Gasteiger partial charge in [-0.3, -0.25) is 0 Å². The van der Waals surface area contributed by atoms with Crippen LogP contribution in [0.25, 0.3) is 0 Å². The summed E-state index contributed by atoms with van der Waals surface area (Å²) < 4.78 is 2.23. The van der Waals surface area contributed by atoms with E-state index in [4.69, 9.17) is 23.2 Å². The first-order chi connectivity index (χ1) is 6.67. The zero-order valence-electron chi connectivity index (χ0n) is 8.26. The SMILES string of the molecule is CCN(CC)Sc1ccc(Cl)cc1Cl. The Balaban J connectivity index is 2.76. The Labute approximate surface area is 99.5 Å². The smallest absolute Gasteiger partial charge is 0.0569 e. The third-order valence-corrected chi connectivity index (χ3v) is 3.81. The summed E-state index contributed by atoms with van der Waals surface area (Å²) in [5, 5.41) is 1.40. The first-order valence-corrected chi connectivity index (χ1v) is 6.08. The molecule has 0 atom stereocenters. The Kier molecular flexibility index (Phi) is 5.10. The summed E-state index contributed by atoms with van der Waals surface area (Å²) >= 11 is 13.5. The molecule has 0 spiro atoms. The fourth-order valence-electron chi connectivity index (χ4n) is 1.04. The molecule has 1 aromatic carbocycles. The highest BCUT2D eigenvalue weighted by molar-refractivity contribution is 7.97. The summed E-state index contributed by atoms with van der Waals surface area (Å²) in [6.07, 6.45) is 0. The number of hydrogen-bond acceptors (Lipinski definition) is 2. The van der Waals surface area contributed by atoms with E-state index < -0.39 is 0 Å². The molecular weight excluding hydrogens is 237 g/mol. The first-order valence-electron chi connectivity index (χ1n) is 4.55. The van der Waals surface area contributed by atoms with Crippen molar-refractivity contribution in [2.45, 2.75) is 18.7 Å². The molecule has 0 aromatic heterocycles. The van der Waals surface area contributed by atoms with Crippen LogP contribution in [0.3, 0.4) is 0 Å². The number of nitrogens with zero attached hydrogens (tertiary/aromatic N) is 1. The maximum atomic E-state index is 6.06. The number of benzene rings is 1. The van der Waals surface area contributed by atoms with Crippen molar-refractivity contribution in [3.05, 3.63) is 28.2 Å². The van der Waals surface area contributed by atoms with Crippen molar-refractivity contribution in [3.8, 4) is 0 Å². The molecule has 0 saturated carbocycles. The second-order valence-corrected chi connectivity index (χ2v) is 4.76. The minimum atomic E-state index is 0.680. The number of halogens is 2. The molecular formula is C10H13Cl2NS. The molecule has 0 aliphatic heterocycles. The van der Waals surface area contributed by atoms with Gasteiger partial charge >= 0.3 is 0 Å². The van der Waals surface area contributed by atoms with Crippen molar-refractivity contribution in [1.82, 2.24) is 4.31 Å². The van der Waals surface area contributed by atoms with Crippen LogP contribution in [0, 0.1) is 0 Å². The Morgan fingerprint density at radius 3 is 2.36 bits per heavy atom. The fourth-order valence-corrected chi connectivity index (χ4v) is 2.36. The lowest BCUT2D eigenvalue weighted by Crippen LogP contribution is -2.13. The lowest BCUT2D eigenvalue weighted by atomic mass is 10.4. The zero-order chi connectivity index (χ0) is 10.6. The van der Waals surface area contributed by atoms with Gasteiger partial charge in [-0.15, -0.1) is 0 Å². The van der Waals surface area contributed by atoms with E-state index in [0.717, 1.165) is 23.0 Å². The maximum Gasteiger partial charge on any atom is 0.0569 e. The predicted molar refractivity (Wildman–Crippen MR) is 65.2 cm³/mol. The summed E-state index contributed by atoms with van der Waals surface area (Å²) in [6.45, 7) is 6.25. The van der Waals surface area contributed by atoms with Gasteiger partial charge in [0.25, 0.3) is 0 Å². The van der Waals surface area contributed by atoms with Crippen LogP contribution in [0.2, 0.25) is 10.0 Å². The number of hydrogen-bond donors (Lipinski definition) is 0. The topological polar surface area (TPSA) is 3.24 Å². The van der Waals surface area contributed by atoms with Crippen molar-refractivity contribution >= 4 is 35.1 Å². The first kappa shape index (κ1) is 12.2. The lowest BCUT2D eigenvalue weighted by molar-refractivity contribution is 0.525. The van der Waals surface area contributed by atoms with Crippen molar-refractivity contribution < 1.29 is 0 Å². The van der Waals surface area contributed by atoms with Gasteiger partial charge in [0, 0.05) is 23.0 Å². The summed E-state index contributed by atoms with van der Waals surface area (Å²) in [4.78, 5) is 1.06. The van der Waals surface area contributed by atoms with Gasteiger partial charge in [0.2, 0.25) is 0 Å². The standard InChI is InChI=1S/C10H13Cl2NS/c1-3-13(4-2)14-10-6-5-8(11)7-9(10)12/h5-7H,3-4H2,1-2H3. The van der Waals surface area contributed by atoms with Gasteiger partial charge < -0.3 is 0 Å². The van der Waals surface area contributed by atoms with E-state index in [9.17, 15) is 0 Å². The average Bonchev–Trinajstić information content (AvgIpc) is 2.17. The summed E-state index contributed by atoms with van der Waals surface area (Å²) in [7, 11) is 0. The monoisotopic (exact) mass is 249 g/mol. The largest absolute Gasteiger partial charge is 0.247 e. The normalized spacial score (nSPS) is 10.9. The van der Waals surface area contributed by atoms with E-state index in [1.165, 1.54) is 0 Å². The highest BCUT2D eigenvalue weighted by Crippen LogP contribution is 2.31. The van der Waals surface area contributed by atoms with Crippen molar-refractivity contribution in [2.24, 2.45) is 0 Å². The molecule has 1 rings (SSSR count). The van der Waals surface area contributed by atoms with Crippen LogP contribution in [0.4, 0.5) is 0 Å². The minimum Gasteiger partial charge on any atom is -0.247 e. The van der Waals surface area contributed by atoms with Crippen LogP contribution < -0.4 is 0 Å². The van der Waals surface area contributed by atoms with E-state index in [1.807, 2.05) is 12.1 Å². The molecule has 0 unspecified atom stereocenters. The van der Waals surface area contributed by atoms with E-state index in [0.29, 0.717) is 5.02 Å². The fraction of sp³-hybridized carbons (Fsp3) is 0.400. The quantitative estimate of drug-likeness (QED) is 0.731. The van der Waals surface area contributed by atoms with Gasteiger partial charge in [0.05, 0.1) is 5.02 Å². The molecule has 0 radical (unpaired) electrons. The molecule has 78 valence electrons.